The summed E-state index contributed by atoms with van der Waals surface area (Å²) < 4.78 is 24.6. The number of para-hydroxylation sites is 1. The number of hydrogen-bond acceptors (Lipinski definition) is 4. The van der Waals surface area contributed by atoms with Gasteiger partial charge in [-0.05, 0) is 43.2 Å². The van der Waals surface area contributed by atoms with Crippen LogP contribution in [0.1, 0.15) is 37.7 Å². The zero-order valence-corrected chi connectivity index (χ0v) is 16.3. The maximum absolute atomic E-state index is 12.3. The number of sulfonamides is 1. The largest absolute Gasteiger partial charge is 0.371 e. The highest BCUT2D eigenvalue weighted by Gasteiger charge is 2.26. The second-order valence-corrected chi connectivity index (χ2v) is 9.39. The Labute approximate surface area is 156 Å². The number of benzene rings is 1. The van der Waals surface area contributed by atoms with Crippen molar-refractivity contribution in [2.75, 3.05) is 37.3 Å². The zero-order valence-electron chi connectivity index (χ0n) is 15.5. The second-order valence-electron chi connectivity index (χ2n) is 7.41. The van der Waals surface area contributed by atoms with Crippen LogP contribution in [-0.2, 0) is 21.4 Å². The van der Waals surface area contributed by atoms with Crippen molar-refractivity contribution < 1.29 is 13.2 Å². The van der Waals surface area contributed by atoms with Crippen molar-refractivity contribution >= 4 is 21.6 Å². The lowest BCUT2D eigenvalue weighted by molar-refractivity contribution is -0.122. The molecule has 0 aromatic heterocycles. The molecule has 1 aromatic rings. The van der Waals surface area contributed by atoms with Gasteiger partial charge in [0, 0.05) is 44.8 Å². The van der Waals surface area contributed by atoms with E-state index in [1.807, 2.05) is 6.07 Å². The monoisotopic (exact) mass is 379 g/mol. The Bertz CT molecular complexity index is 721. The molecule has 2 aliphatic rings. The predicted octanol–water partition coefficient (Wildman–Crippen LogP) is 1.96. The fraction of sp³-hybridized carbons (Fsp3) is 0.632. The molecule has 0 saturated carbocycles. The molecule has 6 nitrogen and oxygen atoms in total. The van der Waals surface area contributed by atoms with E-state index in [1.54, 1.807) is 0 Å². The van der Waals surface area contributed by atoms with Crippen molar-refractivity contribution in [2.45, 2.75) is 38.6 Å². The van der Waals surface area contributed by atoms with Crippen LogP contribution in [0.4, 0.5) is 5.69 Å². The van der Waals surface area contributed by atoms with Gasteiger partial charge in [0.25, 0.3) is 0 Å². The molecule has 0 atom stereocenters. The summed E-state index contributed by atoms with van der Waals surface area (Å²) in [5.74, 6) is 0.320. The summed E-state index contributed by atoms with van der Waals surface area (Å²) in [4.78, 5) is 14.7. The summed E-state index contributed by atoms with van der Waals surface area (Å²) in [7, 11) is -3.11. The van der Waals surface area contributed by atoms with E-state index in [-0.39, 0.29) is 11.8 Å². The van der Waals surface area contributed by atoms with Crippen molar-refractivity contribution in [1.82, 2.24) is 9.62 Å². The Morgan fingerprint density at radius 3 is 2.42 bits per heavy atom. The third kappa shape index (κ3) is 4.98. The van der Waals surface area contributed by atoms with E-state index in [0.29, 0.717) is 26.1 Å². The normalized spacial score (nSPS) is 19.7. The molecule has 2 aliphatic heterocycles. The number of hydrogen-bond donors (Lipinski definition) is 1. The zero-order chi connectivity index (χ0) is 18.6. The van der Waals surface area contributed by atoms with E-state index in [0.717, 1.165) is 31.5 Å². The summed E-state index contributed by atoms with van der Waals surface area (Å²) >= 11 is 0. The first kappa shape index (κ1) is 19.2. The Balaban J connectivity index is 1.48. The van der Waals surface area contributed by atoms with Gasteiger partial charge in [-0.3, -0.25) is 4.79 Å². The smallest absolute Gasteiger partial charge is 0.220 e. The van der Waals surface area contributed by atoms with Gasteiger partial charge >= 0.3 is 0 Å². The molecule has 2 saturated heterocycles. The topological polar surface area (TPSA) is 69.7 Å². The summed E-state index contributed by atoms with van der Waals surface area (Å²) in [5, 5.41) is 3.05. The molecule has 1 aromatic carbocycles. The lowest BCUT2D eigenvalue weighted by atomic mass is 9.94. The summed E-state index contributed by atoms with van der Waals surface area (Å²) in [6.45, 7) is 3.77. The van der Waals surface area contributed by atoms with Gasteiger partial charge in [-0.1, -0.05) is 18.2 Å². The molecule has 1 N–H and O–H groups in total. The van der Waals surface area contributed by atoms with Crippen LogP contribution in [0.15, 0.2) is 24.3 Å². The Hall–Kier alpha value is -1.60. The highest BCUT2D eigenvalue weighted by atomic mass is 32.2. The molecular formula is C19H29N3O3S. The van der Waals surface area contributed by atoms with Gasteiger partial charge in [-0.15, -0.1) is 0 Å². The van der Waals surface area contributed by atoms with E-state index in [1.165, 1.54) is 29.1 Å². The Morgan fingerprint density at radius 1 is 1.12 bits per heavy atom. The number of rotatable bonds is 6. The third-order valence-electron chi connectivity index (χ3n) is 5.43. The van der Waals surface area contributed by atoms with Crippen LogP contribution in [0.25, 0.3) is 0 Å². The van der Waals surface area contributed by atoms with Gasteiger partial charge in [0.1, 0.15) is 0 Å². The maximum Gasteiger partial charge on any atom is 0.220 e. The molecule has 0 aliphatic carbocycles. The van der Waals surface area contributed by atoms with Gasteiger partial charge in [-0.25, -0.2) is 12.7 Å². The molecule has 144 valence electrons. The summed E-state index contributed by atoms with van der Waals surface area (Å²) in [6, 6.07) is 8.28. The van der Waals surface area contributed by atoms with Crippen molar-refractivity contribution in [3.63, 3.8) is 0 Å². The van der Waals surface area contributed by atoms with E-state index in [2.05, 4.69) is 28.4 Å². The van der Waals surface area contributed by atoms with E-state index in [4.69, 9.17) is 0 Å². The van der Waals surface area contributed by atoms with Crippen LogP contribution in [0.3, 0.4) is 0 Å². The first-order valence-electron chi connectivity index (χ1n) is 9.48. The van der Waals surface area contributed by atoms with Gasteiger partial charge in [0.05, 0.1) is 6.26 Å². The van der Waals surface area contributed by atoms with Gasteiger partial charge in [0.2, 0.25) is 15.9 Å². The van der Waals surface area contributed by atoms with Gasteiger partial charge in [-0.2, -0.15) is 0 Å². The standard InChI is InChI=1S/C19H29N3O3S/c1-26(24,25)22-12-8-16(9-13-22)14-19(23)20-15-17-6-2-3-7-18(17)21-10-4-5-11-21/h2-3,6-7,16H,4-5,8-15H2,1H3,(H,20,23). The van der Waals surface area contributed by atoms with Crippen molar-refractivity contribution in [3.8, 4) is 0 Å². The van der Waals surface area contributed by atoms with Crippen LogP contribution in [-0.4, -0.2) is 51.1 Å². The lowest BCUT2D eigenvalue weighted by Gasteiger charge is -2.29. The van der Waals surface area contributed by atoms with Crippen molar-refractivity contribution in [3.05, 3.63) is 29.8 Å². The fourth-order valence-corrected chi connectivity index (χ4v) is 4.77. The highest BCUT2D eigenvalue weighted by Crippen LogP contribution is 2.25. The number of nitrogens with zero attached hydrogens (tertiary/aromatic N) is 2. The van der Waals surface area contributed by atoms with Gasteiger partial charge in [0.15, 0.2) is 0 Å². The second kappa shape index (κ2) is 8.39. The number of nitrogens with one attached hydrogen (secondary N) is 1. The number of amides is 1. The first-order chi connectivity index (χ1) is 12.4. The quantitative estimate of drug-likeness (QED) is 0.820. The molecule has 7 heteroatoms. The Morgan fingerprint density at radius 2 is 1.77 bits per heavy atom. The average Bonchev–Trinajstić information content (AvgIpc) is 3.14. The maximum atomic E-state index is 12.3. The van der Waals surface area contributed by atoms with E-state index < -0.39 is 10.0 Å². The molecule has 0 unspecified atom stereocenters. The predicted molar refractivity (Wildman–Crippen MR) is 103 cm³/mol. The fourth-order valence-electron chi connectivity index (χ4n) is 3.90. The molecule has 2 fully saturated rings. The molecule has 0 bridgehead atoms. The number of anilines is 1. The SMILES string of the molecule is CS(=O)(=O)N1CCC(CC(=O)NCc2ccccc2N2CCCC2)CC1. The van der Waals surface area contributed by atoms with E-state index in [9.17, 15) is 13.2 Å². The Kier molecular flexibility index (Phi) is 6.19. The van der Waals surface area contributed by atoms with E-state index >= 15 is 0 Å². The third-order valence-corrected chi connectivity index (χ3v) is 6.73. The summed E-state index contributed by atoms with van der Waals surface area (Å²) in [5.41, 5.74) is 2.39. The number of carbonyl (C=O) groups excluding carboxylic acids is 1. The number of carbonyl (C=O) groups is 1. The van der Waals surface area contributed by atoms with Gasteiger partial charge < -0.3 is 10.2 Å². The lowest BCUT2D eigenvalue weighted by Crippen LogP contribution is -2.39. The van der Waals surface area contributed by atoms with Crippen LogP contribution < -0.4 is 10.2 Å². The highest BCUT2D eigenvalue weighted by molar-refractivity contribution is 7.88. The van der Waals surface area contributed by atoms with Crippen LogP contribution in [0.2, 0.25) is 0 Å². The molecule has 26 heavy (non-hydrogen) atoms. The minimum atomic E-state index is -3.11. The molecule has 1 amide bonds. The number of piperidine rings is 1. The molecular weight excluding hydrogens is 350 g/mol. The van der Waals surface area contributed by atoms with Crippen molar-refractivity contribution in [2.24, 2.45) is 5.92 Å². The first-order valence-corrected chi connectivity index (χ1v) is 11.3. The van der Waals surface area contributed by atoms with Crippen molar-refractivity contribution in [1.29, 1.82) is 0 Å². The average molecular weight is 380 g/mol. The minimum Gasteiger partial charge on any atom is -0.371 e. The molecule has 2 heterocycles. The molecule has 3 rings (SSSR count). The minimum absolute atomic E-state index is 0.0547. The summed E-state index contributed by atoms with van der Waals surface area (Å²) in [6.07, 6.45) is 5.69. The van der Waals surface area contributed by atoms with Crippen LogP contribution in [0.5, 0.6) is 0 Å². The molecule has 0 spiro atoms. The van der Waals surface area contributed by atoms with Crippen LogP contribution in [0, 0.1) is 5.92 Å². The van der Waals surface area contributed by atoms with Crippen LogP contribution >= 0.6 is 0 Å². The molecule has 0 radical (unpaired) electrons.